The van der Waals surface area contributed by atoms with Crippen LogP contribution >= 0.6 is 11.8 Å². The van der Waals surface area contributed by atoms with Crippen LogP contribution in [0.4, 0.5) is 11.4 Å². The minimum atomic E-state index is -1.14. The monoisotopic (exact) mass is 464 g/mol. The van der Waals surface area contributed by atoms with E-state index in [1.165, 1.54) is 17.3 Å². The minimum absolute atomic E-state index is 0.0634. The minimum Gasteiger partial charge on any atom is -0.462 e. The lowest BCUT2D eigenvalue weighted by atomic mass is 9.80. The van der Waals surface area contributed by atoms with Gasteiger partial charge in [0.1, 0.15) is 0 Å². The van der Waals surface area contributed by atoms with Crippen molar-refractivity contribution in [2.75, 3.05) is 22.2 Å². The summed E-state index contributed by atoms with van der Waals surface area (Å²) in [7, 11) is 0. The van der Waals surface area contributed by atoms with Crippen molar-refractivity contribution in [2.24, 2.45) is 0 Å². The fraction of sp³-hybridized carbons (Fsp3) is 0.423. The number of rotatable bonds is 3. The quantitative estimate of drug-likeness (QED) is 0.614. The zero-order valence-corrected chi connectivity index (χ0v) is 20.4. The lowest BCUT2D eigenvalue weighted by Gasteiger charge is -2.44. The van der Waals surface area contributed by atoms with Crippen molar-refractivity contribution in [1.29, 1.82) is 0 Å². The first-order chi connectivity index (χ1) is 15.6. The number of hydrogen-bond donors (Lipinski definition) is 0. The average Bonchev–Trinajstić information content (AvgIpc) is 3.23. The molecule has 6 nitrogen and oxygen atoms in total. The van der Waals surface area contributed by atoms with Crippen LogP contribution in [0.25, 0.3) is 0 Å². The van der Waals surface area contributed by atoms with E-state index >= 15 is 0 Å². The molecule has 1 spiro atoms. The second-order valence-electron chi connectivity index (χ2n) is 9.74. The first-order valence-corrected chi connectivity index (χ1v) is 12.3. The molecule has 5 rings (SSSR count). The number of anilines is 2. The lowest BCUT2D eigenvalue weighted by molar-refractivity contribution is -0.124. The molecule has 0 saturated carbocycles. The van der Waals surface area contributed by atoms with Crippen molar-refractivity contribution in [1.82, 2.24) is 0 Å². The molecule has 0 aliphatic carbocycles. The van der Waals surface area contributed by atoms with E-state index < -0.39 is 10.8 Å². The van der Waals surface area contributed by atoms with E-state index in [2.05, 4.69) is 32.9 Å². The number of hydrogen-bond acceptors (Lipinski definition) is 5. The Kier molecular flexibility index (Phi) is 4.90. The molecule has 0 aromatic heterocycles. The second-order valence-corrected chi connectivity index (χ2v) is 10.9. The third-order valence-electron chi connectivity index (χ3n) is 6.91. The Hall–Kier alpha value is -2.80. The van der Waals surface area contributed by atoms with Crippen LogP contribution in [0.1, 0.15) is 67.1 Å². The van der Waals surface area contributed by atoms with Crippen molar-refractivity contribution in [3.8, 4) is 0 Å². The topological polar surface area (TPSA) is 66.9 Å². The largest absolute Gasteiger partial charge is 0.462 e. The highest BCUT2D eigenvalue weighted by molar-refractivity contribution is 8.02. The Balaban J connectivity index is 1.69. The average molecular weight is 465 g/mol. The summed E-state index contributed by atoms with van der Waals surface area (Å²) in [6, 6.07) is 11.0. The molecule has 7 heteroatoms. The smallest absolute Gasteiger partial charge is 0.338 e. The summed E-state index contributed by atoms with van der Waals surface area (Å²) >= 11 is 1.39. The summed E-state index contributed by atoms with van der Waals surface area (Å²) in [6.45, 7) is 10.5. The summed E-state index contributed by atoms with van der Waals surface area (Å²) in [5.74, 6) is -0.0500. The fourth-order valence-corrected chi connectivity index (χ4v) is 7.02. The van der Waals surface area contributed by atoms with Crippen LogP contribution in [-0.4, -0.2) is 35.7 Å². The SMILES string of the molecule is CCOC(=O)c1ccc(N2C(=O)CSC23C(=O)N2c4c(cc(C)cc43)C(C)CC2(C)C)cc1. The number of nitrogens with zero attached hydrogens (tertiary/aromatic N) is 2. The summed E-state index contributed by atoms with van der Waals surface area (Å²) in [6.07, 6.45) is 0.859. The molecule has 1 saturated heterocycles. The number of amides is 2. The standard InChI is InChI=1S/C26H28N2O4S/c1-6-32-23(30)17-7-9-18(10-8-17)27-21(29)14-33-26(27)20-12-15(2)11-19-16(3)13-25(4,5)28(22(19)20)24(26)31/h7-12,16H,6,13-14H2,1-5H3. The van der Waals surface area contributed by atoms with Gasteiger partial charge in [0.25, 0.3) is 5.91 Å². The summed E-state index contributed by atoms with van der Waals surface area (Å²) < 4.78 is 5.08. The molecule has 2 atom stereocenters. The number of benzene rings is 2. The molecule has 0 radical (unpaired) electrons. The number of thioether (sulfide) groups is 1. The molecule has 1 fully saturated rings. The molecular formula is C26H28N2O4S. The Morgan fingerprint density at radius 2 is 1.85 bits per heavy atom. The molecule has 3 aliphatic heterocycles. The lowest BCUT2D eigenvalue weighted by Crippen LogP contribution is -2.56. The van der Waals surface area contributed by atoms with Gasteiger partial charge in [-0.05, 0) is 69.9 Å². The molecule has 2 amide bonds. The molecule has 0 N–H and O–H groups in total. The van der Waals surface area contributed by atoms with Gasteiger partial charge in [-0.15, -0.1) is 11.8 Å². The fourth-order valence-electron chi connectivity index (χ4n) is 5.70. The van der Waals surface area contributed by atoms with Crippen LogP contribution in [0.2, 0.25) is 0 Å². The summed E-state index contributed by atoms with van der Waals surface area (Å²) in [4.78, 5) is 42.1. The predicted molar refractivity (Wildman–Crippen MR) is 130 cm³/mol. The Bertz CT molecular complexity index is 1190. The molecule has 2 aromatic carbocycles. The van der Waals surface area contributed by atoms with Crippen molar-refractivity contribution >= 4 is 40.9 Å². The van der Waals surface area contributed by atoms with Gasteiger partial charge in [-0.25, -0.2) is 4.79 Å². The van der Waals surface area contributed by atoms with Crippen molar-refractivity contribution < 1.29 is 19.1 Å². The maximum Gasteiger partial charge on any atom is 0.338 e. The maximum atomic E-state index is 14.3. The van der Waals surface area contributed by atoms with E-state index in [1.807, 2.05) is 11.8 Å². The molecule has 3 aliphatic rings. The van der Waals surface area contributed by atoms with Gasteiger partial charge in [0.2, 0.25) is 10.8 Å². The second kappa shape index (κ2) is 7.35. The van der Waals surface area contributed by atoms with E-state index in [0.29, 0.717) is 23.8 Å². The third-order valence-corrected chi connectivity index (χ3v) is 8.30. The summed E-state index contributed by atoms with van der Waals surface area (Å²) in [5.41, 5.74) is 4.78. The Morgan fingerprint density at radius 1 is 1.15 bits per heavy atom. The van der Waals surface area contributed by atoms with Gasteiger partial charge in [0.05, 0.1) is 23.6 Å². The molecule has 2 aromatic rings. The van der Waals surface area contributed by atoms with E-state index in [0.717, 1.165) is 23.2 Å². The predicted octanol–water partition coefficient (Wildman–Crippen LogP) is 4.74. The number of carbonyl (C=O) groups is 3. The van der Waals surface area contributed by atoms with Crippen LogP contribution in [0.5, 0.6) is 0 Å². The van der Waals surface area contributed by atoms with Gasteiger partial charge in [-0.1, -0.05) is 24.6 Å². The van der Waals surface area contributed by atoms with E-state index in [9.17, 15) is 14.4 Å². The van der Waals surface area contributed by atoms with Gasteiger partial charge < -0.3 is 9.64 Å². The van der Waals surface area contributed by atoms with Crippen LogP contribution in [-0.2, 0) is 19.2 Å². The molecule has 33 heavy (non-hydrogen) atoms. The van der Waals surface area contributed by atoms with Gasteiger partial charge in [-0.3, -0.25) is 14.5 Å². The maximum absolute atomic E-state index is 14.3. The summed E-state index contributed by atoms with van der Waals surface area (Å²) in [5, 5.41) is 0. The highest BCUT2D eigenvalue weighted by atomic mass is 32.2. The normalized spacial score (nSPS) is 25.1. The Labute approximate surface area is 198 Å². The highest BCUT2D eigenvalue weighted by Gasteiger charge is 2.64. The van der Waals surface area contributed by atoms with Crippen LogP contribution in [0.15, 0.2) is 36.4 Å². The molecule has 2 unspecified atom stereocenters. The third kappa shape index (κ3) is 2.98. The number of esters is 1. The highest BCUT2D eigenvalue weighted by Crippen LogP contribution is 2.61. The number of ether oxygens (including phenoxy) is 1. The number of carbonyl (C=O) groups excluding carboxylic acids is 3. The van der Waals surface area contributed by atoms with Crippen LogP contribution < -0.4 is 9.80 Å². The molecule has 0 bridgehead atoms. The zero-order valence-electron chi connectivity index (χ0n) is 19.6. The Morgan fingerprint density at radius 3 is 2.52 bits per heavy atom. The number of fused-ring (bicyclic) bond motifs is 1. The van der Waals surface area contributed by atoms with E-state index in [4.69, 9.17) is 4.74 Å². The van der Waals surface area contributed by atoms with Gasteiger partial charge in [0.15, 0.2) is 0 Å². The van der Waals surface area contributed by atoms with Crippen molar-refractivity contribution in [3.05, 3.63) is 58.7 Å². The first kappa shape index (κ1) is 22.0. The van der Waals surface area contributed by atoms with Crippen LogP contribution in [0.3, 0.4) is 0 Å². The van der Waals surface area contributed by atoms with E-state index in [-0.39, 0.29) is 23.1 Å². The van der Waals surface area contributed by atoms with Gasteiger partial charge in [0, 0.05) is 16.8 Å². The first-order valence-electron chi connectivity index (χ1n) is 11.4. The van der Waals surface area contributed by atoms with Gasteiger partial charge >= 0.3 is 5.97 Å². The molecule has 172 valence electrons. The van der Waals surface area contributed by atoms with E-state index in [1.54, 1.807) is 36.1 Å². The van der Waals surface area contributed by atoms with Crippen molar-refractivity contribution in [3.63, 3.8) is 0 Å². The molecular weight excluding hydrogens is 436 g/mol. The zero-order chi connectivity index (χ0) is 23.7. The van der Waals surface area contributed by atoms with Crippen molar-refractivity contribution in [2.45, 2.75) is 57.4 Å². The molecule has 3 heterocycles. The number of aryl methyl sites for hydroxylation is 1. The van der Waals surface area contributed by atoms with Crippen LogP contribution in [0, 0.1) is 6.92 Å². The van der Waals surface area contributed by atoms with Gasteiger partial charge in [-0.2, -0.15) is 0 Å².